The van der Waals surface area contributed by atoms with E-state index in [-0.39, 0.29) is 0 Å². The Kier molecular flexibility index (Phi) is 5.49. The van der Waals surface area contributed by atoms with Gasteiger partial charge in [-0.25, -0.2) is 0 Å². The summed E-state index contributed by atoms with van der Waals surface area (Å²) < 4.78 is 11.5. The lowest BCUT2D eigenvalue weighted by Gasteiger charge is -2.12. The highest BCUT2D eigenvalue weighted by molar-refractivity contribution is 9.10. The van der Waals surface area contributed by atoms with Crippen LogP contribution in [0.2, 0.25) is 0 Å². The molecule has 0 atom stereocenters. The second kappa shape index (κ2) is 6.91. The molecule has 0 fully saturated rings. The molecule has 0 N–H and O–H groups in total. The fourth-order valence-electron chi connectivity index (χ4n) is 1.17. The van der Waals surface area contributed by atoms with Crippen LogP contribution in [-0.2, 0) is 0 Å². The SMILES string of the molecule is C=CCOc1cc(C=O)cc(OCC=C)c1Br. The number of ether oxygens (including phenoxy) is 2. The van der Waals surface area contributed by atoms with Crippen LogP contribution < -0.4 is 9.47 Å². The molecule has 1 rings (SSSR count). The van der Waals surface area contributed by atoms with Gasteiger partial charge < -0.3 is 9.47 Å². The van der Waals surface area contributed by atoms with E-state index in [0.29, 0.717) is 34.7 Å². The molecular formula is C13H13BrO3. The smallest absolute Gasteiger partial charge is 0.150 e. The van der Waals surface area contributed by atoms with Gasteiger partial charge in [0.1, 0.15) is 35.5 Å². The standard InChI is InChI=1S/C13H13BrO3/c1-3-5-16-11-7-10(9-15)8-12(13(11)14)17-6-4-2/h3-4,7-9H,1-2,5-6H2. The molecule has 0 saturated heterocycles. The maximum absolute atomic E-state index is 10.8. The Morgan fingerprint density at radius 2 is 1.59 bits per heavy atom. The molecule has 0 aliphatic heterocycles. The number of hydrogen-bond donors (Lipinski definition) is 0. The van der Waals surface area contributed by atoms with Gasteiger partial charge in [0.15, 0.2) is 0 Å². The monoisotopic (exact) mass is 296 g/mol. The molecule has 17 heavy (non-hydrogen) atoms. The van der Waals surface area contributed by atoms with Gasteiger partial charge in [0.05, 0.1) is 0 Å². The van der Waals surface area contributed by atoms with Crippen molar-refractivity contribution in [2.75, 3.05) is 13.2 Å². The van der Waals surface area contributed by atoms with E-state index in [1.54, 1.807) is 24.3 Å². The Bertz CT molecular complexity index is 394. The molecule has 0 aliphatic rings. The topological polar surface area (TPSA) is 35.5 Å². The van der Waals surface area contributed by atoms with Gasteiger partial charge in [-0.1, -0.05) is 25.3 Å². The van der Waals surface area contributed by atoms with Crippen molar-refractivity contribution in [2.45, 2.75) is 0 Å². The Labute approximate surface area is 109 Å². The Morgan fingerprint density at radius 1 is 1.12 bits per heavy atom. The predicted molar refractivity (Wildman–Crippen MR) is 70.9 cm³/mol. The van der Waals surface area contributed by atoms with Gasteiger partial charge in [0.2, 0.25) is 0 Å². The van der Waals surface area contributed by atoms with Crippen molar-refractivity contribution in [1.82, 2.24) is 0 Å². The minimum atomic E-state index is 0.363. The molecule has 0 unspecified atom stereocenters. The van der Waals surface area contributed by atoms with Crippen LogP contribution in [0, 0.1) is 0 Å². The minimum absolute atomic E-state index is 0.363. The van der Waals surface area contributed by atoms with E-state index in [9.17, 15) is 4.79 Å². The summed E-state index contributed by atoms with van der Waals surface area (Å²) in [6.07, 6.45) is 4.00. The molecule has 0 aromatic heterocycles. The zero-order valence-corrected chi connectivity index (χ0v) is 10.9. The molecule has 1 aromatic rings. The van der Waals surface area contributed by atoms with Crippen molar-refractivity contribution in [2.24, 2.45) is 0 Å². The molecule has 0 aliphatic carbocycles. The molecule has 90 valence electrons. The third kappa shape index (κ3) is 3.75. The fraction of sp³-hybridized carbons (Fsp3) is 0.154. The van der Waals surface area contributed by atoms with Crippen LogP contribution >= 0.6 is 15.9 Å². The maximum Gasteiger partial charge on any atom is 0.150 e. The molecule has 4 heteroatoms. The third-order valence-corrected chi connectivity index (χ3v) is 2.66. The van der Waals surface area contributed by atoms with Gasteiger partial charge in [0.25, 0.3) is 0 Å². The highest BCUT2D eigenvalue weighted by Crippen LogP contribution is 2.35. The first kappa shape index (κ1) is 13.5. The summed E-state index contributed by atoms with van der Waals surface area (Å²) in [5, 5.41) is 0. The maximum atomic E-state index is 10.8. The van der Waals surface area contributed by atoms with Gasteiger partial charge in [0, 0.05) is 5.56 Å². The largest absolute Gasteiger partial charge is 0.488 e. The number of halogens is 1. The second-order valence-electron chi connectivity index (χ2n) is 3.15. The molecule has 1 aromatic carbocycles. The van der Waals surface area contributed by atoms with Gasteiger partial charge in [-0.3, -0.25) is 4.79 Å². The van der Waals surface area contributed by atoms with E-state index in [2.05, 4.69) is 29.1 Å². The van der Waals surface area contributed by atoms with Crippen molar-refractivity contribution >= 4 is 22.2 Å². The number of rotatable bonds is 7. The van der Waals surface area contributed by atoms with Crippen LogP contribution in [-0.4, -0.2) is 19.5 Å². The summed E-state index contributed by atoms with van der Waals surface area (Å²) in [5.74, 6) is 1.10. The van der Waals surface area contributed by atoms with Gasteiger partial charge in [-0.05, 0) is 28.1 Å². The van der Waals surface area contributed by atoms with E-state index in [0.717, 1.165) is 6.29 Å². The van der Waals surface area contributed by atoms with E-state index in [1.165, 1.54) is 0 Å². The van der Waals surface area contributed by atoms with E-state index in [1.807, 2.05) is 0 Å². The number of carbonyl (C=O) groups is 1. The first-order valence-electron chi connectivity index (χ1n) is 4.99. The second-order valence-corrected chi connectivity index (χ2v) is 3.94. The number of benzene rings is 1. The van der Waals surface area contributed by atoms with Crippen molar-refractivity contribution in [1.29, 1.82) is 0 Å². The molecule has 0 heterocycles. The average molecular weight is 297 g/mol. The van der Waals surface area contributed by atoms with Crippen molar-refractivity contribution in [3.63, 3.8) is 0 Å². The molecule has 3 nitrogen and oxygen atoms in total. The van der Waals surface area contributed by atoms with Crippen LogP contribution in [0.25, 0.3) is 0 Å². The van der Waals surface area contributed by atoms with E-state index >= 15 is 0 Å². The summed E-state index contributed by atoms with van der Waals surface area (Å²) in [6, 6.07) is 3.28. The summed E-state index contributed by atoms with van der Waals surface area (Å²) in [5.41, 5.74) is 0.492. The quantitative estimate of drug-likeness (QED) is 0.571. The third-order valence-electron chi connectivity index (χ3n) is 1.88. The number of carbonyl (C=O) groups excluding carboxylic acids is 1. The van der Waals surface area contributed by atoms with Crippen LogP contribution in [0.1, 0.15) is 10.4 Å². The lowest BCUT2D eigenvalue weighted by molar-refractivity contribution is 0.112. The minimum Gasteiger partial charge on any atom is -0.488 e. The molecular weight excluding hydrogens is 284 g/mol. The van der Waals surface area contributed by atoms with Crippen LogP contribution in [0.3, 0.4) is 0 Å². The highest BCUT2D eigenvalue weighted by Gasteiger charge is 2.10. The van der Waals surface area contributed by atoms with Crippen LogP contribution in [0.4, 0.5) is 0 Å². The fourth-order valence-corrected chi connectivity index (χ4v) is 1.63. The Hall–Kier alpha value is -1.55. The van der Waals surface area contributed by atoms with Crippen molar-refractivity contribution < 1.29 is 14.3 Å². The molecule has 0 bridgehead atoms. The Balaban J connectivity index is 3.05. The zero-order valence-electron chi connectivity index (χ0n) is 9.32. The van der Waals surface area contributed by atoms with Crippen LogP contribution in [0.15, 0.2) is 41.9 Å². The highest BCUT2D eigenvalue weighted by atomic mass is 79.9. The van der Waals surface area contributed by atoms with Gasteiger partial charge in [-0.15, -0.1) is 0 Å². The lowest BCUT2D eigenvalue weighted by atomic mass is 10.2. The summed E-state index contributed by atoms with van der Waals surface area (Å²) in [6.45, 7) is 7.86. The zero-order chi connectivity index (χ0) is 12.7. The molecule has 0 radical (unpaired) electrons. The first-order chi connectivity index (χ1) is 8.22. The normalized spacial score (nSPS) is 9.47. The predicted octanol–water partition coefficient (Wildman–Crippen LogP) is 3.39. The van der Waals surface area contributed by atoms with E-state index in [4.69, 9.17) is 9.47 Å². The number of aldehydes is 1. The van der Waals surface area contributed by atoms with Crippen molar-refractivity contribution in [3.05, 3.63) is 47.5 Å². The summed E-state index contributed by atoms with van der Waals surface area (Å²) in [7, 11) is 0. The molecule has 0 spiro atoms. The van der Waals surface area contributed by atoms with E-state index < -0.39 is 0 Å². The summed E-state index contributed by atoms with van der Waals surface area (Å²) in [4.78, 5) is 10.8. The molecule has 0 amide bonds. The molecule has 0 saturated carbocycles. The average Bonchev–Trinajstić information content (AvgIpc) is 2.36. The summed E-state index contributed by atoms with van der Waals surface area (Å²) >= 11 is 3.37. The number of hydrogen-bond acceptors (Lipinski definition) is 3. The van der Waals surface area contributed by atoms with Gasteiger partial charge >= 0.3 is 0 Å². The first-order valence-corrected chi connectivity index (χ1v) is 5.78. The Morgan fingerprint density at radius 3 is 1.94 bits per heavy atom. The van der Waals surface area contributed by atoms with Gasteiger partial charge in [-0.2, -0.15) is 0 Å². The lowest BCUT2D eigenvalue weighted by Crippen LogP contribution is -1.99. The van der Waals surface area contributed by atoms with Crippen LogP contribution in [0.5, 0.6) is 11.5 Å². The van der Waals surface area contributed by atoms with Crippen molar-refractivity contribution in [3.8, 4) is 11.5 Å².